The zero-order chi connectivity index (χ0) is 22.1. The molecule has 0 amide bonds. The SMILES string of the molecule is COc1ccc(-c2nc(CN(C)C(C)c3ccc4c(c3)OCCO4)c(C)o2)c(C)c1C. The monoisotopic (exact) mass is 422 g/mol. The van der Waals surface area contributed by atoms with Crippen LogP contribution in [0.15, 0.2) is 34.7 Å². The lowest BCUT2D eigenvalue weighted by Crippen LogP contribution is -2.23. The van der Waals surface area contributed by atoms with Gasteiger partial charge in [0, 0.05) is 18.2 Å². The maximum absolute atomic E-state index is 6.06. The number of fused-ring (bicyclic) bond motifs is 1. The summed E-state index contributed by atoms with van der Waals surface area (Å²) in [5.74, 6) is 3.99. The number of aryl methyl sites for hydroxylation is 1. The fourth-order valence-corrected chi connectivity index (χ4v) is 3.89. The first-order chi connectivity index (χ1) is 14.9. The summed E-state index contributed by atoms with van der Waals surface area (Å²) in [5.41, 5.74) is 5.33. The standard InChI is InChI=1S/C25H30N2O4/c1-15-16(2)22(28-6)10-8-20(15)25-26-21(18(4)31-25)14-27(5)17(3)19-7-9-23-24(13-19)30-12-11-29-23/h7-10,13,17H,11-12,14H2,1-6H3. The zero-order valence-corrected chi connectivity index (χ0v) is 19.1. The van der Waals surface area contributed by atoms with Gasteiger partial charge in [-0.3, -0.25) is 4.90 Å². The van der Waals surface area contributed by atoms with Crippen molar-refractivity contribution in [2.45, 2.75) is 40.3 Å². The maximum atomic E-state index is 6.06. The molecule has 3 aromatic rings. The summed E-state index contributed by atoms with van der Waals surface area (Å²) in [7, 11) is 3.78. The third kappa shape index (κ3) is 4.12. The Labute approximate surface area is 183 Å². The van der Waals surface area contributed by atoms with E-state index >= 15 is 0 Å². The third-order valence-corrected chi connectivity index (χ3v) is 6.19. The van der Waals surface area contributed by atoms with Crippen LogP contribution in [-0.4, -0.2) is 37.3 Å². The largest absolute Gasteiger partial charge is 0.496 e. The second kappa shape index (κ2) is 8.63. The van der Waals surface area contributed by atoms with Gasteiger partial charge in [0.05, 0.1) is 12.8 Å². The van der Waals surface area contributed by atoms with Gasteiger partial charge in [-0.05, 0) is 75.7 Å². The molecule has 0 saturated heterocycles. The summed E-state index contributed by atoms with van der Waals surface area (Å²) in [5, 5.41) is 0. The van der Waals surface area contributed by atoms with Crippen LogP contribution in [-0.2, 0) is 6.54 Å². The number of methoxy groups -OCH3 is 1. The van der Waals surface area contributed by atoms with Gasteiger partial charge < -0.3 is 18.6 Å². The first kappa shape index (κ1) is 21.2. The van der Waals surface area contributed by atoms with Crippen LogP contribution in [0.2, 0.25) is 0 Å². The van der Waals surface area contributed by atoms with E-state index in [4.69, 9.17) is 23.6 Å². The highest BCUT2D eigenvalue weighted by molar-refractivity contribution is 5.63. The first-order valence-corrected chi connectivity index (χ1v) is 10.6. The van der Waals surface area contributed by atoms with Crippen LogP contribution in [0.3, 0.4) is 0 Å². The fraction of sp³-hybridized carbons (Fsp3) is 0.400. The Balaban J connectivity index is 1.54. The van der Waals surface area contributed by atoms with E-state index in [0.29, 0.717) is 25.6 Å². The molecule has 0 aliphatic carbocycles. The molecule has 1 aromatic heterocycles. The number of benzene rings is 2. The molecule has 2 aromatic carbocycles. The lowest BCUT2D eigenvalue weighted by Gasteiger charge is -2.26. The average molecular weight is 423 g/mol. The van der Waals surface area contributed by atoms with Crippen molar-refractivity contribution in [1.82, 2.24) is 9.88 Å². The molecule has 6 heteroatoms. The van der Waals surface area contributed by atoms with Crippen molar-refractivity contribution in [2.75, 3.05) is 27.4 Å². The lowest BCUT2D eigenvalue weighted by atomic mass is 10.0. The molecule has 0 N–H and O–H groups in total. The highest BCUT2D eigenvalue weighted by atomic mass is 16.6. The van der Waals surface area contributed by atoms with E-state index in [0.717, 1.165) is 45.4 Å². The van der Waals surface area contributed by atoms with E-state index < -0.39 is 0 Å². The molecule has 0 spiro atoms. The maximum Gasteiger partial charge on any atom is 0.226 e. The normalized spacial score (nSPS) is 14.0. The minimum absolute atomic E-state index is 0.181. The predicted molar refractivity (Wildman–Crippen MR) is 120 cm³/mol. The van der Waals surface area contributed by atoms with Crippen LogP contribution < -0.4 is 14.2 Å². The zero-order valence-electron chi connectivity index (χ0n) is 19.1. The Morgan fingerprint density at radius 1 is 1.03 bits per heavy atom. The number of aromatic nitrogens is 1. The minimum atomic E-state index is 0.181. The summed E-state index contributed by atoms with van der Waals surface area (Å²) >= 11 is 0. The predicted octanol–water partition coefficient (Wildman–Crippen LogP) is 5.24. The van der Waals surface area contributed by atoms with Gasteiger partial charge in [-0.15, -0.1) is 0 Å². The molecule has 0 saturated carbocycles. The number of oxazole rings is 1. The van der Waals surface area contributed by atoms with Crippen LogP contribution in [0, 0.1) is 20.8 Å². The Morgan fingerprint density at radius 3 is 2.52 bits per heavy atom. The summed E-state index contributed by atoms with van der Waals surface area (Å²) in [6.45, 7) is 10.1. The topological polar surface area (TPSA) is 57.0 Å². The van der Waals surface area contributed by atoms with Crippen LogP contribution in [0.1, 0.15) is 41.1 Å². The number of nitrogens with zero attached hydrogens (tertiary/aromatic N) is 2. The minimum Gasteiger partial charge on any atom is -0.496 e. The molecule has 1 atom stereocenters. The fourth-order valence-electron chi connectivity index (χ4n) is 3.89. The Hall–Kier alpha value is -2.99. The van der Waals surface area contributed by atoms with Crippen molar-refractivity contribution in [3.05, 3.63) is 58.5 Å². The van der Waals surface area contributed by atoms with Crippen LogP contribution in [0.4, 0.5) is 0 Å². The lowest BCUT2D eigenvalue weighted by molar-refractivity contribution is 0.170. The third-order valence-electron chi connectivity index (χ3n) is 6.19. The van der Waals surface area contributed by atoms with E-state index in [-0.39, 0.29) is 6.04 Å². The molecule has 0 radical (unpaired) electrons. The van der Waals surface area contributed by atoms with E-state index in [2.05, 4.69) is 44.9 Å². The van der Waals surface area contributed by atoms with Crippen LogP contribution in [0.25, 0.3) is 11.5 Å². The van der Waals surface area contributed by atoms with Gasteiger partial charge in [0.1, 0.15) is 24.7 Å². The molecule has 6 nitrogen and oxygen atoms in total. The van der Waals surface area contributed by atoms with E-state index in [1.807, 2.05) is 25.1 Å². The van der Waals surface area contributed by atoms with Crippen LogP contribution >= 0.6 is 0 Å². The highest BCUT2D eigenvalue weighted by Gasteiger charge is 2.21. The van der Waals surface area contributed by atoms with Gasteiger partial charge in [-0.1, -0.05) is 6.07 Å². The second-order valence-corrected chi connectivity index (χ2v) is 8.08. The van der Waals surface area contributed by atoms with Gasteiger partial charge in [0.15, 0.2) is 11.5 Å². The smallest absolute Gasteiger partial charge is 0.226 e. The summed E-state index contributed by atoms with van der Waals surface area (Å²) in [4.78, 5) is 7.09. The Morgan fingerprint density at radius 2 is 1.77 bits per heavy atom. The summed E-state index contributed by atoms with van der Waals surface area (Å²) in [6, 6.07) is 10.3. The van der Waals surface area contributed by atoms with Crippen molar-refractivity contribution in [3.63, 3.8) is 0 Å². The van der Waals surface area contributed by atoms with E-state index in [9.17, 15) is 0 Å². The molecule has 2 heterocycles. The van der Waals surface area contributed by atoms with Crippen LogP contribution in [0.5, 0.6) is 17.2 Å². The van der Waals surface area contributed by atoms with Gasteiger partial charge in [0.2, 0.25) is 5.89 Å². The number of ether oxygens (including phenoxy) is 3. The molecule has 1 unspecified atom stereocenters. The van der Waals surface area contributed by atoms with Gasteiger partial charge in [-0.25, -0.2) is 4.98 Å². The highest BCUT2D eigenvalue weighted by Crippen LogP contribution is 2.35. The molecule has 31 heavy (non-hydrogen) atoms. The van der Waals surface area contributed by atoms with Gasteiger partial charge >= 0.3 is 0 Å². The molecule has 1 aliphatic heterocycles. The number of hydrogen-bond acceptors (Lipinski definition) is 6. The van der Waals surface area contributed by atoms with Crippen molar-refractivity contribution in [2.24, 2.45) is 0 Å². The van der Waals surface area contributed by atoms with Crippen molar-refractivity contribution < 1.29 is 18.6 Å². The molecule has 1 aliphatic rings. The number of rotatable bonds is 6. The van der Waals surface area contributed by atoms with Gasteiger partial charge in [0.25, 0.3) is 0 Å². The summed E-state index contributed by atoms with van der Waals surface area (Å²) in [6.07, 6.45) is 0. The van der Waals surface area contributed by atoms with Crippen molar-refractivity contribution in [1.29, 1.82) is 0 Å². The second-order valence-electron chi connectivity index (χ2n) is 8.08. The number of hydrogen-bond donors (Lipinski definition) is 0. The summed E-state index contributed by atoms with van der Waals surface area (Å²) < 4.78 is 22.9. The van der Waals surface area contributed by atoms with Gasteiger partial charge in [-0.2, -0.15) is 0 Å². The molecular formula is C25H30N2O4. The quantitative estimate of drug-likeness (QED) is 0.541. The molecule has 164 valence electrons. The van der Waals surface area contributed by atoms with E-state index in [1.54, 1.807) is 7.11 Å². The molecule has 0 bridgehead atoms. The van der Waals surface area contributed by atoms with Crippen molar-refractivity contribution >= 4 is 0 Å². The molecule has 4 rings (SSSR count). The molecule has 0 fully saturated rings. The van der Waals surface area contributed by atoms with Crippen molar-refractivity contribution in [3.8, 4) is 28.7 Å². The average Bonchev–Trinajstić information content (AvgIpc) is 3.14. The molecular weight excluding hydrogens is 392 g/mol. The Kier molecular flexibility index (Phi) is 5.92. The van der Waals surface area contributed by atoms with E-state index in [1.165, 1.54) is 5.56 Å². The Bertz CT molecular complexity index is 1090. The first-order valence-electron chi connectivity index (χ1n) is 10.6.